The molecule has 3 nitrogen and oxygen atoms in total. The topological polar surface area (TPSA) is 21.1 Å². The highest BCUT2D eigenvalue weighted by molar-refractivity contribution is 5.23. The summed E-state index contributed by atoms with van der Waals surface area (Å²) in [7, 11) is 0. The first kappa shape index (κ1) is 15.8. The largest absolute Gasteiger partial charge is 0.295 e. The van der Waals surface area contributed by atoms with Crippen LogP contribution in [0.1, 0.15) is 43.2 Å². The van der Waals surface area contributed by atoms with Gasteiger partial charge in [-0.25, -0.2) is 8.78 Å². The zero-order valence-electron chi connectivity index (χ0n) is 13.7. The zero-order valence-corrected chi connectivity index (χ0v) is 13.7. The van der Waals surface area contributed by atoms with Gasteiger partial charge in [-0.05, 0) is 61.9 Å². The number of piperidine rings is 1. The third-order valence-corrected chi connectivity index (χ3v) is 5.57. The lowest BCUT2D eigenvalue weighted by molar-refractivity contribution is 0.0798. The lowest BCUT2D eigenvalue weighted by Crippen LogP contribution is -2.45. The first-order valence-corrected chi connectivity index (χ1v) is 8.83. The Bertz CT molecular complexity index is 656. The second-order valence-corrected chi connectivity index (χ2v) is 7.08. The molecule has 4 unspecified atom stereocenters. The van der Waals surface area contributed by atoms with Crippen LogP contribution in [0.5, 0.6) is 0 Å². The maximum Gasteiger partial charge on any atom is 0.123 e. The van der Waals surface area contributed by atoms with Crippen LogP contribution >= 0.6 is 0 Å². The molecule has 5 heteroatoms. The number of likely N-dealkylation sites (tertiary alicyclic amines) is 1. The van der Waals surface area contributed by atoms with Gasteiger partial charge in [-0.1, -0.05) is 12.1 Å². The fourth-order valence-corrected chi connectivity index (χ4v) is 4.41. The average Bonchev–Trinajstić information content (AvgIpc) is 3.25. The summed E-state index contributed by atoms with van der Waals surface area (Å²) in [5, 5.41) is 4.44. The molecule has 0 amide bonds. The first-order valence-electron chi connectivity index (χ1n) is 8.83. The zero-order chi connectivity index (χ0) is 16.5. The molecule has 24 heavy (non-hydrogen) atoms. The van der Waals surface area contributed by atoms with Crippen LogP contribution in [0.3, 0.4) is 0 Å². The van der Waals surface area contributed by atoms with E-state index in [0.29, 0.717) is 24.9 Å². The molecule has 1 saturated heterocycles. The van der Waals surface area contributed by atoms with Gasteiger partial charge in [0.25, 0.3) is 0 Å². The predicted octanol–water partition coefficient (Wildman–Crippen LogP) is 3.94. The van der Waals surface area contributed by atoms with Gasteiger partial charge in [0, 0.05) is 25.0 Å². The van der Waals surface area contributed by atoms with Gasteiger partial charge in [0.05, 0.1) is 6.04 Å². The van der Waals surface area contributed by atoms with Gasteiger partial charge in [-0.3, -0.25) is 9.58 Å². The van der Waals surface area contributed by atoms with Crippen molar-refractivity contribution in [1.82, 2.24) is 14.7 Å². The van der Waals surface area contributed by atoms with Crippen molar-refractivity contribution in [1.29, 1.82) is 0 Å². The molecule has 0 radical (unpaired) electrons. The Morgan fingerprint density at radius 3 is 2.58 bits per heavy atom. The second-order valence-electron chi connectivity index (χ2n) is 7.08. The Morgan fingerprint density at radius 1 is 1.08 bits per heavy atom. The summed E-state index contributed by atoms with van der Waals surface area (Å²) >= 11 is 0. The van der Waals surface area contributed by atoms with E-state index in [-0.39, 0.29) is 11.9 Å². The van der Waals surface area contributed by atoms with Gasteiger partial charge >= 0.3 is 0 Å². The lowest BCUT2D eigenvalue weighted by atomic mass is 9.97. The Balaban J connectivity index is 1.59. The van der Waals surface area contributed by atoms with Crippen LogP contribution in [0.25, 0.3) is 0 Å². The van der Waals surface area contributed by atoms with Crippen LogP contribution in [0.2, 0.25) is 0 Å². The molecule has 0 bridgehead atoms. The van der Waals surface area contributed by atoms with Gasteiger partial charge < -0.3 is 0 Å². The molecule has 0 spiro atoms. The number of benzene rings is 1. The van der Waals surface area contributed by atoms with Crippen molar-refractivity contribution in [3.63, 3.8) is 0 Å². The summed E-state index contributed by atoms with van der Waals surface area (Å²) in [6.07, 6.45) is 6.62. The maximum absolute atomic E-state index is 13.9. The van der Waals surface area contributed by atoms with Crippen LogP contribution in [0, 0.1) is 5.82 Å². The number of halogens is 2. The molecule has 1 aliphatic carbocycles. The minimum atomic E-state index is -0.720. The quantitative estimate of drug-likeness (QED) is 0.849. The van der Waals surface area contributed by atoms with E-state index in [1.165, 1.54) is 17.7 Å². The molecule has 2 fully saturated rings. The summed E-state index contributed by atoms with van der Waals surface area (Å²) in [6.45, 7) is 1.48. The average molecular weight is 331 g/mol. The number of hydrogen-bond acceptors (Lipinski definition) is 2. The Hall–Kier alpha value is -1.75. The van der Waals surface area contributed by atoms with Gasteiger partial charge in [0.2, 0.25) is 0 Å². The fraction of sp³-hybridized carbons (Fsp3) is 0.526. The molecule has 128 valence electrons. The minimum absolute atomic E-state index is 0.201. The van der Waals surface area contributed by atoms with E-state index in [4.69, 9.17) is 0 Å². The van der Waals surface area contributed by atoms with Crippen molar-refractivity contribution in [3.05, 3.63) is 54.1 Å². The maximum atomic E-state index is 13.9. The van der Waals surface area contributed by atoms with Crippen LogP contribution in [-0.4, -0.2) is 40.0 Å². The van der Waals surface area contributed by atoms with E-state index in [0.717, 1.165) is 25.8 Å². The molecule has 1 saturated carbocycles. The second kappa shape index (κ2) is 6.63. The van der Waals surface area contributed by atoms with E-state index in [2.05, 4.69) is 10.00 Å². The summed E-state index contributed by atoms with van der Waals surface area (Å²) in [4.78, 5) is 2.31. The Morgan fingerprint density at radius 2 is 1.88 bits per heavy atom. The molecule has 2 aromatic rings. The summed E-state index contributed by atoms with van der Waals surface area (Å²) in [5.41, 5.74) is 1.17. The predicted molar refractivity (Wildman–Crippen MR) is 89.1 cm³/mol. The van der Waals surface area contributed by atoms with Gasteiger partial charge in [-0.2, -0.15) is 5.10 Å². The van der Waals surface area contributed by atoms with E-state index in [1.54, 1.807) is 6.20 Å². The molecule has 2 heterocycles. The normalized spacial score (nSPS) is 31.4. The molecule has 0 N–H and O–H groups in total. The van der Waals surface area contributed by atoms with Crippen molar-refractivity contribution in [3.8, 4) is 0 Å². The smallest absolute Gasteiger partial charge is 0.123 e. The van der Waals surface area contributed by atoms with Crippen LogP contribution in [0.4, 0.5) is 8.78 Å². The number of rotatable bonds is 3. The van der Waals surface area contributed by atoms with Crippen LogP contribution < -0.4 is 0 Å². The van der Waals surface area contributed by atoms with Gasteiger partial charge in [0.15, 0.2) is 0 Å². The molecule has 1 aromatic heterocycles. The molecule has 1 aliphatic heterocycles. The van der Waals surface area contributed by atoms with E-state index in [9.17, 15) is 8.78 Å². The molecular weight excluding hydrogens is 308 g/mol. The summed E-state index contributed by atoms with van der Waals surface area (Å²) < 4.78 is 29.2. The molecule has 4 rings (SSSR count). The molecule has 2 aliphatic rings. The third-order valence-electron chi connectivity index (χ3n) is 5.57. The monoisotopic (exact) mass is 331 g/mol. The van der Waals surface area contributed by atoms with E-state index < -0.39 is 6.17 Å². The van der Waals surface area contributed by atoms with Gasteiger partial charge in [0.1, 0.15) is 12.0 Å². The summed E-state index contributed by atoms with van der Waals surface area (Å²) in [6, 6.07) is 9.32. The molecular formula is C19H23F2N3. The lowest BCUT2D eigenvalue weighted by Gasteiger charge is -2.37. The van der Waals surface area contributed by atoms with Crippen molar-refractivity contribution in [2.24, 2.45) is 0 Å². The van der Waals surface area contributed by atoms with Crippen molar-refractivity contribution >= 4 is 0 Å². The standard InChI is InChI=1S/C19H23F2N3/c20-16-6-4-14(5-7-16)15-11-18(23-9-1-3-17(21)13-23)19(12-15)24-10-2-8-22-24/h2,4-8,10,15,17-19H,1,3,9,11-13H2. The van der Waals surface area contributed by atoms with E-state index >= 15 is 0 Å². The SMILES string of the molecule is Fc1ccc(C2CC(N3CCCC(F)C3)C(n3cccn3)C2)cc1. The molecule has 1 aromatic carbocycles. The number of aromatic nitrogens is 2. The minimum Gasteiger partial charge on any atom is -0.295 e. The Kier molecular flexibility index (Phi) is 4.35. The van der Waals surface area contributed by atoms with Crippen LogP contribution in [-0.2, 0) is 0 Å². The highest BCUT2D eigenvalue weighted by Crippen LogP contribution is 2.44. The highest BCUT2D eigenvalue weighted by atomic mass is 19.1. The number of alkyl halides is 1. The van der Waals surface area contributed by atoms with Crippen molar-refractivity contribution < 1.29 is 8.78 Å². The highest BCUT2D eigenvalue weighted by Gasteiger charge is 2.41. The van der Waals surface area contributed by atoms with Crippen molar-refractivity contribution in [2.45, 2.75) is 49.9 Å². The van der Waals surface area contributed by atoms with Gasteiger partial charge in [-0.15, -0.1) is 0 Å². The molecule has 4 atom stereocenters. The van der Waals surface area contributed by atoms with Crippen molar-refractivity contribution in [2.75, 3.05) is 13.1 Å². The van der Waals surface area contributed by atoms with Crippen LogP contribution in [0.15, 0.2) is 42.7 Å². The fourth-order valence-electron chi connectivity index (χ4n) is 4.41. The third kappa shape index (κ3) is 3.09. The van der Waals surface area contributed by atoms with E-state index in [1.807, 2.05) is 29.1 Å². The number of hydrogen-bond donors (Lipinski definition) is 0. The number of nitrogens with zero attached hydrogens (tertiary/aromatic N) is 3. The summed E-state index contributed by atoms with van der Waals surface area (Å²) in [5.74, 6) is 0.165. The Labute approximate surface area is 141 Å². The first-order chi connectivity index (χ1) is 11.7.